The van der Waals surface area contributed by atoms with E-state index in [1.165, 1.54) is 16.3 Å². The van der Waals surface area contributed by atoms with Crippen LogP contribution in [0.25, 0.3) is 10.8 Å². The molecule has 2 atom stereocenters. The van der Waals surface area contributed by atoms with Gasteiger partial charge in [0.25, 0.3) is 0 Å². The van der Waals surface area contributed by atoms with Gasteiger partial charge in [-0.3, -0.25) is 0 Å². The molecular weight excluding hydrogens is 280 g/mol. The Morgan fingerprint density at radius 1 is 0.783 bits per heavy atom. The van der Waals surface area contributed by atoms with Crippen LogP contribution in [0.15, 0.2) is 72.8 Å². The summed E-state index contributed by atoms with van der Waals surface area (Å²) in [5.41, 5.74) is 2.34. The van der Waals surface area contributed by atoms with Crippen LogP contribution in [-0.4, -0.2) is 5.11 Å². The van der Waals surface area contributed by atoms with Crippen LogP contribution in [0, 0.1) is 0 Å². The number of benzene rings is 3. The molecule has 118 valence electrons. The summed E-state index contributed by atoms with van der Waals surface area (Å²) in [6, 6.07) is 25.2. The van der Waals surface area contributed by atoms with Crippen molar-refractivity contribution in [1.82, 2.24) is 0 Å². The van der Waals surface area contributed by atoms with Crippen LogP contribution in [0.2, 0.25) is 0 Å². The van der Waals surface area contributed by atoms with Crippen LogP contribution in [-0.2, 0) is 0 Å². The van der Waals surface area contributed by atoms with E-state index in [1.54, 1.807) is 0 Å². The van der Waals surface area contributed by atoms with Crippen molar-refractivity contribution in [2.45, 2.75) is 38.2 Å². The molecule has 0 heterocycles. The number of rotatable bonds is 6. The standard InChI is InChI=1S/C22H24O/c1-2-8-19(16-22(23)18-10-4-3-5-11-18)21-14-13-17-9-6-7-12-20(17)15-21/h3-7,9-15,19,22-23H,2,8,16H2,1H3/t19-,22+/m1/s1. The molecular formula is C22H24O. The highest BCUT2D eigenvalue weighted by Gasteiger charge is 2.17. The van der Waals surface area contributed by atoms with Gasteiger partial charge in [0.05, 0.1) is 6.10 Å². The molecule has 3 aromatic carbocycles. The monoisotopic (exact) mass is 304 g/mol. The van der Waals surface area contributed by atoms with Gasteiger partial charge >= 0.3 is 0 Å². The van der Waals surface area contributed by atoms with E-state index in [4.69, 9.17) is 0 Å². The quantitative estimate of drug-likeness (QED) is 0.606. The van der Waals surface area contributed by atoms with Gasteiger partial charge in [0.15, 0.2) is 0 Å². The fraction of sp³-hybridized carbons (Fsp3) is 0.273. The number of fused-ring (bicyclic) bond motifs is 1. The van der Waals surface area contributed by atoms with E-state index in [0.717, 1.165) is 24.8 Å². The molecule has 0 aliphatic rings. The van der Waals surface area contributed by atoms with Gasteiger partial charge in [0.2, 0.25) is 0 Å². The summed E-state index contributed by atoms with van der Waals surface area (Å²) in [7, 11) is 0. The fourth-order valence-electron chi connectivity index (χ4n) is 3.31. The lowest BCUT2D eigenvalue weighted by atomic mass is 9.86. The highest BCUT2D eigenvalue weighted by Crippen LogP contribution is 2.33. The minimum atomic E-state index is -0.403. The van der Waals surface area contributed by atoms with Crippen molar-refractivity contribution in [3.63, 3.8) is 0 Å². The highest BCUT2D eigenvalue weighted by molar-refractivity contribution is 5.83. The van der Waals surface area contributed by atoms with Gasteiger partial charge < -0.3 is 5.11 Å². The first-order valence-corrected chi connectivity index (χ1v) is 8.49. The molecule has 0 amide bonds. The number of hydrogen-bond acceptors (Lipinski definition) is 1. The Morgan fingerprint density at radius 2 is 1.48 bits per heavy atom. The van der Waals surface area contributed by atoms with Crippen molar-refractivity contribution in [3.05, 3.63) is 83.9 Å². The molecule has 23 heavy (non-hydrogen) atoms. The molecule has 0 unspecified atom stereocenters. The van der Waals surface area contributed by atoms with Crippen LogP contribution in [0.1, 0.15) is 49.3 Å². The van der Waals surface area contributed by atoms with Crippen molar-refractivity contribution in [2.75, 3.05) is 0 Å². The third kappa shape index (κ3) is 3.80. The third-order valence-corrected chi connectivity index (χ3v) is 4.57. The zero-order valence-corrected chi connectivity index (χ0v) is 13.7. The molecule has 0 aliphatic heterocycles. The summed E-state index contributed by atoms with van der Waals surface area (Å²) in [5.74, 6) is 0.389. The van der Waals surface area contributed by atoms with E-state index < -0.39 is 6.10 Å². The minimum absolute atomic E-state index is 0.389. The molecule has 0 aliphatic carbocycles. The molecule has 0 fully saturated rings. The lowest BCUT2D eigenvalue weighted by molar-refractivity contribution is 0.155. The van der Waals surface area contributed by atoms with Crippen LogP contribution in [0.5, 0.6) is 0 Å². The molecule has 1 heteroatoms. The lowest BCUT2D eigenvalue weighted by Crippen LogP contribution is -2.06. The Labute approximate surface area is 138 Å². The lowest BCUT2D eigenvalue weighted by Gasteiger charge is -2.21. The first kappa shape index (κ1) is 15.8. The molecule has 0 spiro atoms. The smallest absolute Gasteiger partial charge is 0.0795 e. The Balaban J connectivity index is 1.85. The Bertz CT molecular complexity index is 748. The fourth-order valence-corrected chi connectivity index (χ4v) is 3.31. The molecule has 0 aromatic heterocycles. The molecule has 0 saturated carbocycles. The number of aliphatic hydroxyl groups is 1. The van der Waals surface area contributed by atoms with Crippen molar-refractivity contribution >= 4 is 10.8 Å². The van der Waals surface area contributed by atoms with E-state index in [9.17, 15) is 5.11 Å². The van der Waals surface area contributed by atoms with E-state index in [-0.39, 0.29) is 0 Å². The average Bonchev–Trinajstić information content (AvgIpc) is 2.61. The average molecular weight is 304 g/mol. The van der Waals surface area contributed by atoms with Crippen LogP contribution < -0.4 is 0 Å². The van der Waals surface area contributed by atoms with Crippen molar-refractivity contribution in [1.29, 1.82) is 0 Å². The Morgan fingerprint density at radius 3 is 2.22 bits per heavy atom. The third-order valence-electron chi connectivity index (χ3n) is 4.57. The predicted octanol–water partition coefficient (Wildman–Crippen LogP) is 5.85. The van der Waals surface area contributed by atoms with E-state index in [1.807, 2.05) is 30.3 Å². The minimum Gasteiger partial charge on any atom is -0.388 e. The second-order valence-corrected chi connectivity index (χ2v) is 6.25. The van der Waals surface area contributed by atoms with Crippen LogP contribution >= 0.6 is 0 Å². The highest BCUT2D eigenvalue weighted by atomic mass is 16.3. The van der Waals surface area contributed by atoms with Gasteiger partial charge in [-0.05, 0) is 40.7 Å². The SMILES string of the molecule is CCC[C@H](C[C@H](O)c1ccccc1)c1ccc2ccccc2c1. The topological polar surface area (TPSA) is 20.2 Å². The first-order valence-electron chi connectivity index (χ1n) is 8.49. The first-order chi connectivity index (χ1) is 11.3. The molecule has 0 radical (unpaired) electrons. The molecule has 3 aromatic rings. The molecule has 0 saturated heterocycles. The van der Waals surface area contributed by atoms with Gasteiger partial charge in [-0.1, -0.05) is 86.1 Å². The van der Waals surface area contributed by atoms with E-state index >= 15 is 0 Å². The van der Waals surface area contributed by atoms with Gasteiger partial charge in [-0.15, -0.1) is 0 Å². The zero-order chi connectivity index (χ0) is 16.1. The molecule has 0 bridgehead atoms. The second-order valence-electron chi connectivity index (χ2n) is 6.25. The maximum absolute atomic E-state index is 10.6. The van der Waals surface area contributed by atoms with Gasteiger partial charge in [-0.25, -0.2) is 0 Å². The summed E-state index contributed by atoms with van der Waals surface area (Å²) in [4.78, 5) is 0. The van der Waals surface area contributed by atoms with Crippen molar-refractivity contribution < 1.29 is 5.11 Å². The van der Waals surface area contributed by atoms with E-state index in [2.05, 4.69) is 49.4 Å². The summed E-state index contributed by atoms with van der Waals surface area (Å²) in [6.45, 7) is 2.21. The van der Waals surface area contributed by atoms with Crippen molar-refractivity contribution in [2.24, 2.45) is 0 Å². The van der Waals surface area contributed by atoms with Gasteiger partial charge in [0.1, 0.15) is 0 Å². The predicted molar refractivity (Wildman–Crippen MR) is 97.6 cm³/mol. The summed E-state index contributed by atoms with van der Waals surface area (Å²) >= 11 is 0. The maximum Gasteiger partial charge on any atom is 0.0795 e. The number of aliphatic hydroxyl groups excluding tert-OH is 1. The number of hydrogen-bond donors (Lipinski definition) is 1. The Hall–Kier alpha value is -2.12. The Kier molecular flexibility index (Phi) is 5.09. The molecule has 1 N–H and O–H groups in total. The van der Waals surface area contributed by atoms with Crippen molar-refractivity contribution in [3.8, 4) is 0 Å². The zero-order valence-electron chi connectivity index (χ0n) is 13.7. The summed E-state index contributed by atoms with van der Waals surface area (Å²) < 4.78 is 0. The van der Waals surface area contributed by atoms with Crippen LogP contribution in [0.3, 0.4) is 0 Å². The summed E-state index contributed by atoms with van der Waals surface area (Å²) in [5, 5.41) is 13.1. The molecule has 3 rings (SSSR count). The van der Waals surface area contributed by atoms with Crippen LogP contribution in [0.4, 0.5) is 0 Å². The molecule has 1 nitrogen and oxygen atoms in total. The van der Waals surface area contributed by atoms with Gasteiger partial charge in [0, 0.05) is 0 Å². The summed E-state index contributed by atoms with van der Waals surface area (Å²) in [6.07, 6.45) is 2.59. The van der Waals surface area contributed by atoms with E-state index in [0.29, 0.717) is 5.92 Å². The largest absolute Gasteiger partial charge is 0.388 e. The van der Waals surface area contributed by atoms with Gasteiger partial charge in [-0.2, -0.15) is 0 Å². The second kappa shape index (κ2) is 7.43. The maximum atomic E-state index is 10.6. The normalized spacial score (nSPS) is 13.8.